The number of sulfonamides is 1. The third kappa shape index (κ3) is 7.03. The van der Waals surface area contributed by atoms with Crippen molar-refractivity contribution in [3.05, 3.63) is 34.3 Å². The maximum absolute atomic E-state index is 14.4. The molecule has 2 rings (SSSR count). The average molecular weight is 468 g/mol. The molecular formula is C17H24ClF2N5O2S2. The van der Waals surface area contributed by atoms with Crippen LogP contribution in [-0.4, -0.2) is 38.6 Å². The van der Waals surface area contributed by atoms with E-state index in [4.69, 9.17) is 17.3 Å². The molecule has 1 heterocycles. The summed E-state index contributed by atoms with van der Waals surface area (Å²) in [5, 5.41) is 5.52. The highest BCUT2D eigenvalue weighted by Crippen LogP contribution is 2.29. The number of nitrogens with zero attached hydrogens (tertiary/aromatic N) is 1. The van der Waals surface area contributed by atoms with Crippen LogP contribution >= 0.6 is 22.9 Å². The summed E-state index contributed by atoms with van der Waals surface area (Å²) < 4.78 is 54.1. The normalized spacial score (nSPS) is 12.2. The number of aromatic nitrogens is 1. The van der Waals surface area contributed by atoms with Gasteiger partial charge in [-0.15, -0.1) is 0 Å². The molecule has 1 aromatic carbocycles. The molecule has 0 aliphatic heterocycles. The molecule has 0 amide bonds. The lowest BCUT2D eigenvalue weighted by Gasteiger charge is -2.24. The van der Waals surface area contributed by atoms with E-state index >= 15 is 0 Å². The van der Waals surface area contributed by atoms with Crippen LogP contribution in [0.5, 0.6) is 0 Å². The topological polar surface area (TPSA) is 109 Å². The number of thiazole rings is 1. The number of anilines is 2. The van der Waals surface area contributed by atoms with Gasteiger partial charge in [0.1, 0.15) is 10.7 Å². The second-order valence-electron chi connectivity index (χ2n) is 6.99. The van der Waals surface area contributed by atoms with Gasteiger partial charge in [0.25, 0.3) is 10.0 Å². The van der Waals surface area contributed by atoms with E-state index in [2.05, 4.69) is 15.6 Å². The van der Waals surface area contributed by atoms with E-state index in [1.807, 2.05) is 18.6 Å². The fraction of sp³-hybridized carbons (Fsp3) is 0.471. The molecule has 0 aliphatic carbocycles. The summed E-state index contributed by atoms with van der Waals surface area (Å²) >= 11 is 6.61. The number of nitrogens with two attached hydrogens (primary N) is 1. The number of halogens is 3. The first-order chi connectivity index (χ1) is 13.5. The second-order valence-corrected chi connectivity index (χ2v) is 10.0. The van der Waals surface area contributed by atoms with Crippen molar-refractivity contribution in [3.63, 3.8) is 0 Å². The van der Waals surface area contributed by atoms with Crippen molar-refractivity contribution in [2.45, 2.75) is 37.1 Å². The molecule has 0 aliphatic rings. The third-order valence-corrected chi connectivity index (χ3v) is 6.54. The van der Waals surface area contributed by atoms with Gasteiger partial charge >= 0.3 is 0 Å². The van der Waals surface area contributed by atoms with Crippen LogP contribution in [0.1, 0.15) is 26.7 Å². The smallest absolute Gasteiger partial charge is 0.266 e. The number of nitrogens with one attached hydrogen (secondary N) is 3. The molecule has 0 unspecified atom stereocenters. The van der Waals surface area contributed by atoms with Crippen LogP contribution in [0.25, 0.3) is 0 Å². The molecule has 0 fully saturated rings. The maximum Gasteiger partial charge on any atom is 0.266 e. The molecule has 0 saturated carbocycles. The number of hydrogen-bond donors (Lipinski definition) is 4. The largest absolute Gasteiger partial charge is 0.384 e. The zero-order valence-electron chi connectivity index (χ0n) is 16.1. The van der Waals surface area contributed by atoms with Gasteiger partial charge in [0.05, 0.1) is 16.9 Å². The first-order valence-corrected chi connectivity index (χ1v) is 11.5. The summed E-state index contributed by atoms with van der Waals surface area (Å²) in [5.74, 6) is -0.979. The Morgan fingerprint density at radius 3 is 2.55 bits per heavy atom. The minimum absolute atomic E-state index is 0.0551. The van der Waals surface area contributed by atoms with Gasteiger partial charge in [-0.05, 0) is 45.4 Å². The molecule has 29 heavy (non-hydrogen) atoms. The van der Waals surface area contributed by atoms with Crippen molar-refractivity contribution in [1.29, 1.82) is 0 Å². The number of rotatable bonds is 11. The van der Waals surface area contributed by atoms with Gasteiger partial charge in [-0.3, -0.25) is 4.72 Å². The van der Waals surface area contributed by atoms with Crippen LogP contribution in [0.3, 0.4) is 0 Å². The van der Waals surface area contributed by atoms with Crippen LogP contribution in [0, 0.1) is 10.9 Å². The summed E-state index contributed by atoms with van der Waals surface area (Å²) in [5.41, 5.74) is 5.81. The second kappa shape index (κ2) is 9.98. The molecule has 1 aromatic heterocycles. The van der Waals surface area contributed by atoms with Crippen molar-refractivity contribution >= 4 is 43.8 Å². The lowest BCUT2D eigenvalue weighted by atomic mass is 10.1. The highest BCUT2D eigenvalue weighted by Gasteiger charge is 2.23. The van der Waals surface area contributed by atoms with Gasteiger partial charge in [0.15, 0.2) is 10.3 Å². The minimum Gasteiger partial charge on any atom is -0.384 e. The maximum atomic E-state index is 14.4. The Bertz CT molecular complexity index is 938. The molecule has 12 heteroatoms. The fourth-order valence-electron chi connectivity index (χ4n) is 2.31. The van der Waals surface area contributed by atoms with E-state index < -0.39 is 25.9 Å². The van der Waals surface area contributed by atoms with E-state index in [0.29, 0.717) is 30.1 Å². The summed E-state index contributed by atoms with van der Waals surface area (Å²) in [7, 11) is -4.29. The predicted octanol–water partition coefficient (Wildman–Crippen LogP) is 3.39. The first-order valence-electron chi connectivity index (χ1n) is 8.86. The fourth-order valence-corrected chi connectivity index (χ4v) is 4.48. The van der Waals surface area contributed by atoms with Gasteiger partial charge < -0.3 is 16.4 Å². The number of benzene rings is 1. The van der Waals surface area contributed by atoms with E-state index in [-0.39, 0.29) is 15.7 Å². The first kappa shape index (κ1) is 23.7. The lowest BCUT2D eigenvalue weighted by molar-refractivity contribution is 0.394. The van der Waals surface area contributed by atoms with Crippen molar-refractivity contribution in [3.8, 4) is 0 Å². The Hall–Kier alpha value is -1.53. The molecule has 0 atom stereocenters. The summed E-state index contributed by atoms with van der Waals surface area (Å²) in [6, 6.07) is 2.03. The van der Waals surface area contributed by atoms with Crippen LogP contribution in [0.4, 0.5) is 19.6 Å². The lowest BCUT2D eigenvalue weighted by Crippen LogP contribution is -2.46. The van der Waals surface area contributed by atoms with Crippen molar-refractivity contribution in [1.82, 2.24) is 10.3 Å². The summed E-state index contributed by atoms with van der Waals surface area (Å²) in [4.78, 5) is 2.91. The number of unbranched alkanes of at least 4 members (excludes halogenated alkanes) is 1. The van der Waals surface area contributed by atoms with Crippen molar-refractivity contribution < 1.29 is 17.2 Å². The van der Waals surface area contributed by atoms with Crippen LogP contribution in [0.2, 0.25) is 5.02 Å². The molecule has 7 nitrogen and oxygen atoms in total. The van der Waals surface area contributed by atoms with Gasteiger partial charge in [-0.2, -0.15) is 4.39 Å². The monoisotopic (exact) mass is 467 g/mol. The molecule has 5 N–H and O–H groups in total. The quantitative estimate of drug-likeness (QED) is 0.377. The minimum atomic E-state index is -4.29. The highest BCUT2D eigenvalue weighted by molar-refractivity contribution is 7.93. The Balaban J connectivity index is 1.95. The van der Waals surface area contributed by atoms with E-state index in [9.17, 15) is 17.2 Å². The van der Waals surface area contributed by atoms with Gasteiger partial charge in [-0.25, -0.2) is 17.8 Å². The zero-order chi connectivity index (χ0) is 21.7. The molecule has 162 valence electrons. The van der Waals surface area contributed by atoms with E-state index in [0.717, 1.165) is 37.7 Å². The summed E-state index contributed by atoms with van der Waals surface area (Å²) in [6.45, 7) is 5.88. The Labute approximate surface area is 178 Å². The SMILES string of the molecule is CC(C)(CN)NCCCCNc1cc(F)c(S(=O)(=O)Nc2ncc(F)s2)cc1Cl. The highest BCUT2D eigenvalue weighted by atomic mass is 35.5. The van der Waals surface area contributed by atoms with Gasteiger partial charge in [0, 0.05) is 18.6 Å². The Morgan fingerprint density at radius 1 is 1.24 bits per heavy atom. The predicted molar refractivity (Wildman–Crippen MR) is 113 cm³/mol. The van der Waals surface area contributed by atoms with Crippen LogP contribution in [-0.2, 0) is 10.0 Å². The molecular weight excluding hydrogens is 444 g/mol. The van der Waals surface area contributed by atoms with Gasteiger partial charge in [-0.1, -0.05) is 22.9 Å². The molecule has 2 aromatic rings. The van der Waals surface area contributed by atoms with Crippen molar-refractivity contribution in [2.75, 3.05) is 29.7 Å². The van der Waals surface area contributed by atoms with Crippen molar-refractivity contribution in [2.24, 2.45) is 5.73 Å². The average Bonchev–Trinajstić information content (AvgIpc) is 3.04. The molecule has 0 bridgehead atoms. The Morgan fingerprint density at radius 2 is 1.93 bits per heavy atom. The standard InChI is InChI=1S/C17H24ClF2N5O2S2/c1-17(2,10-21)24-6-4-3-5-22-13-8-12(19)14(7-11(13)18)29(26,27)25-16-23-9-15(20)28-16/h7-9,22,24H,3-6,10,21H2,1-2H3,(H,23,25). The molecule has 0 saturated heterocycles. The summed E-state index contributed by atoms with van der Waals surface area (Å²) in [6.07, 6.45) is 2.53. The van der Waals surface area contributed by atoms with E-state index in [1.165, 1.54) is 0 Å². The van der Waals surface area contributed by atoms with Gasteiger partial charge in [0.2, 0.25) is 0 Å². The Kier molecular flexibility index (Phi) is 8.18. The van der Waals surface area contributed by atoms with Crippen LogP contribution in [0.15, 0.2) is 23.2 Å². The van der Waals surface area contributed by atoms with Crippen LogP contribution < -0.4 is 21.1 Å². The van der Waals surface area contributed by atoms with E-state index in [1.54, 1.807) is 0 Å². The molecule has 0 radical (unpaired) electrons. The third-order valence-electron chi connectivity index (χ3n) is 4.04. The number of hydrogen-bond acceptors (Lipinski definition) is 7. The molecule has 0 spiro atoms. The zero-order valence-corrected chi connectivity index (χ0v) is 18.4.